The lowest BCUT2D eigenvalue weighted by molar-refractivity contribution is 0.0997. The third kappa shape index (κ3) is 5.63. The van der Waals surface area contributed by atoms with Crippen molar-refractivity contribution in [3.05, 3.63) is 23.8 Å². The van der Waals surface area contributed by atoms with Crippen LogP contribution in [-0.4, -0.2) is 36.6 Å². The summed E-state index contributed by atoms with van der Waals surface area (Å²) in [5, 5.41) is 6.27. The summed E-state index contributed by atoms with van der Waals surface area (Å²) in [4.78, 5) is 23.3. The number of carbonyl (C=O) groups excluding carboxylic acids is 2. The lowest BCUT2D eigenvalue weighted by atomic mass is 10.0. The second-order valence-corrected chi connectivity index (χ2v) is 7.20. The summed E-state index contributed by atoms with van der Waals surface area (Å²) in [6.45, 7) is 0.617. The first kappa shape index (κ1) is 18.4. The minimum Gasteiger partial charge on any atom is -0.496 e. The van der Waals surface area contributed by atoms with E-state index >= 15 is 0 Å². The molecule has 0 atom stereocenters. The molecule has 7 heteroatoms. The van der Waals surface area contributed by atoms with Crippen LogP contribution in [0, 0.1) is 0 Å². The zero-order valence-electron chi connectivity index (χ0n) is 14.0. The van der Waals surface area contributed by atoms with Crippen LogP contribution in [0.3, 0.4) is 0 Å². The zero-order valence-corrected chi connectivity index (χ0v) is 14.8. The highest BCUT2D eigenvalue weighted by Crippen LogP contribution is 2.27. The topological polar surface area (TPSA) is 93.4 Å². The molecule has 6 nitrogen and oxygen atoms in total. The van der Waals surface area contributed by atoms with Crippen LogP contribution in [0.15, 0.2) is 18.2 Å². The predicted octanol–water partition coefficient (Wildman–Crippen LogP) is 2.98. The van der Waals surface area contributed by atoms with Crippen LogP contribution in [-0.2, 0) is 0 Å². The quantitative estimate of drug-likeness (QED) is 0.658. The van der Waals surface area contributed by atoms with Crippen molar-refractivity contribution < 1.29 is 14.3 Å². The van der Waals surface area contributed by atoms with Crippen molar-refractivity contribution in [1.82, 2.24) is 5.32 Å². The molecule has 24 heavy (non-hydrogen) atoms. The summed E-state index contributed by atoms with van der Waals surface area (Å²) in [6.07, 6.45) is 6.58. The van der Waals surface area contributed by atoms with Gasteiger partial charge in [-0.15, -0.1) is 0 Å². The van der Waals surface area contributed by atoms with Gasteiger partial charge in [0, 0.05) is 23.2 Å². The summed E-state index contributed by atoms with van der Waals surface area (Å²) >= 11 is 1.94. The number of primary amides is 1. The number of nitrogens with one attached hydrogen (secondary N) is 2. The fourth-order valence-electron chi connectivity index (χ4n) is 2.78. The molecule has 0 bridgehead atoms. The molecule has 1 saturated carbocycles. The van der Waals surface area contributed by atoms with E-state index in [1.165, 1.54) is 45.3 Å². The van der Waals surface area contributed by atoms with Crippen LogP contribution in [0.1, 0.15) is 42.5 Å². The molecule has 1 aliphatic carbocycles. The van der Waals surface area contributed by atoms with Crippen molar-refractivity contribution in [3.8, 4) is 5.75 Å². The minimum absolute atomic E-state index is 0.239. The van der Waals surface area contributed by atoms with Crippen LogP contribution in [0.2, 0.25) is 0 Å². The maximum atomic E-state index is 11.9. The average molecular weight is 351 g/mol. The number of nitrogens with two attached hydrogens (primary N) is 1. The fraction of sp³-hybridized carbons (Fsp3) is 0.529. The molecule has 132 valence electrons. The number of methoxy groups -OCH3 is 1. The Balaban J connectivity index is 1.75. The Bertz CT molecular complexity index is 574. The van der Waals surface area contributed by atoms with E-state index in [0.29, 0.717) is 18.0 Å². The standard InChI is InChI=1S/C17H25N3O3S/c1-23-15-8-7-12(11-14(15)16(18)21)20-17(22)19-9-10-24-13-5-3-2-4-6-13/h7-8,11,13H,2-6,9-10H2,1H3,(H2,18,21)(H2,19,20,22). The van der Waals surface area contributed by atoms with E-state index in [4.69, 9.17) is 10.5 Å². The molecular weight excluding hydrogens is 326 g/mol. The summed E-state index contributed by atoms with van der Waals surface area (Å²) in [7, 11) is 1.46. The minimum atomic E-state index is -0.597. The zero-order chi connectivity index (χ0) is 17.4. The van der Waals surface area contributed by atoms with Crippen LogP contribution >= 0.6 is 11.8 Å². The summed E-state index contributed by atoms with van der Waals surface area (Å²) in [5.41, 5.74) is 6.05. The van der Waals surface area contributed by atoms with Gasteiger partial charge in [0.15, 0.2) is 0 Å². The maximum absolute atomic E-state index is 11.9. The number of thioether (sulfide) groups is 1. The highest BCUT2D eigenvalue weighted by molar-refractivity contribution is 7.99. The molecule has 1 aromatic carbocycles. The fourth-order valence-corrected chi connectivity index (χ4v) is 4.00. The smallest absolute Gasteiger partial charge is 0.319 e. The molecule has 0 saturated heterocycles. The highest BCUT2D eigenvalue weighted by Gasteiger charge is 2.14. The number of urea groups is 1. The number of amides is 3. The Hall–Kier alpha value is -1.89. The normalized spacial score (nSPS) is 14.9. The Kier molecular flexibility index (Phi) is 7.24. The van der Waals surface area contributed by atoms with Crippen molar-refractivity contribution in [1.29, 1.82) is 0 Å². The second-order valence-electron chi connectivity index (χ2n) is 5.79. The first-order valence-electron chi connectivity index (χ1n) is 8.24. The van der Waals surface area contributed by atoms with Crippen molar-refractivity contribution in [2.45, 2.75) is 37.4 Å². The second kappa shape index (κ2) is 9.42. The van der Waals surface area contributed by atoms with Gasteiger partial charge in [0.05, 0.1) is 12.7 Å². The molecule has 1 aliphatic rings. The van der Waals surface area contributed by atoms with Crippen LogP contribution in [0.5, 0.6) is 5.75 Å². The number of hydrogen-bond acceptors (Lipinski definition) is 4. The Labute approximate surface area is 146 Å². The molecule has 4 N–H and O–H groups in total. The van der Waals surface area contributed by atoms with Gasteiger partial charge in [-0.1, -0.05) is 19.3 Å². The van der Waals surface area contributed by atoms with E-state index in [9.17, 15) is 9.59 Å². The molecule has 0 aliphatic heterocycles. The lowest BCUT2D eigenvalue weighted by Crippen LogP contribution is -2.31. The van der Waals surface area contributed by atoms with Crippen LogP contribution in [0.4, 0.5) is 10.5 Å². The SMILES string of the molecule is COc1ccc(NC(=O)NCCSC2CCCCC2)cc1C(N)=O. The largest absolute Gasteiger partial charge is 0.496 e. The molecule has 0 aromatic heterocycles. The van der Waals surface area contributed by atoms with E-state index in [0.717, 1.165) is 11.0 Å². The van der Waals surface area contributed by atoms with Gasteiger partial charge < -0.3 is 21.1 Å². The first-order chi connectivity index (χ1) is 11.6. The summed E-state index contributed by atoms with van der Waals surface area (Å²) < 4.78 is 5.07. The van der Waals surface area contributed by atoms with Crippen molar-refractivity contribution in [3.63, 3.8) is 0 Å². The van der Waals surface area contributed by atoms with E-state index in [1.807, 2.05) is 11.8 Å². The van der Waals surface area contributed by atoms with Gasteiger partial charge in [-0.05, 0) is 31.0 Å². The van der Waals surface area contributed by atoms with Gasteiger partial charge in [-0.3, -0.25) is 4.79 Å². The van der Waals surface area contributed by atoms with Crippen molar-refractivity contribution >= 4 is 29.4 Å². The molecule has 0 radical (unpaired) electrons. The van der Waals surface area contributed by atoms with Gasteiger partial charge in [0.25, 0.3) is 5.91 Å². The number of carbonyl (C=O) groups is 2. The molecule has 3 amide bonds. The van der Waals surface area contributed by atoms with Crippen LogP contribution < -0.4 is 21.1 Å². The van der Waals surface area contributed by atoms with Crippen molar-refractivity contribution in [2.24, 2.45) is 5.73 Å². The highest BCUT2D eigenvalue weighted by atomic mass is 32.2. The predicted molar refractivity (Wildman–Crippen MR) is 97.9 cm³/mol. The number of rotatable bonds is 7. The average Bonchev–Trinajstić information content (AvgIpc) is 2.59. The third-order valence-corrected chi connectivity index (χ3v) is 5.40. The first-order valence-corrected chi connectivity index (χ1v) is 9.29. The van der Waals surface area contributed by atoms with Gasteiger partial charge in [-0.2, -0.15) is 11.8 Å². The van der Waals surface area contributed by atoms with Crippen LogP contribution in [0.25, 0.3) is 0 Å². The molecule has 0 spiro atoms. The summed E-state index contributed by atoms with van der Waals surface area (Å²) in [6, 6.07) is 4.49. The number of ether oxygens (including phenoxy) is 1. The monoisotopic (exact) mass is 351 g/mol. The number of hydrogen-bond donors (Lipinski definition) is 3. The van der Waals surface area contributed by atoms with E-state index in [-0.39, 0.29) is 11.6 Å². The number of benzene rings is 1. The Morgan fingerprint density at radius 2 is 2.04 bits per heavy atom. The molecule has 2 rings (SSSR count). The third-order valence-electron chi connectivity index (χ3n) is 4.02. The molecule has 1 fully saturated rings. The van der Waals surface area contributed by atoms with E-state index in [1.54, 1.807) is 12.1 Å². The molecule has 1 aromatic rings. The van der Waals surface area contributed by atoms with Crippen molar-refractivity contribution in [2.75, 3.05) is 24.7 Å². The molecule has 0 heterocycles. The van der Waals surface area contributed by atoms with Gasteiger partial charge >= 0.3 is 6.03 Å². The van der Waals surface area contributed by atoms with Gasteiger partial charge in [0.2, 0.25) is 0 Å². The van der Waals surface area contributed by atoms with E-state index in [2.05, 4.69) is 10.6 Å². The Morgan fingerprint density at radius 1 is 1.29 bits per heavy atom. The summed E-state index contributed by atoms with van der Waals surface area (Å²) in [5.74, 6) is 0.699. The number of anilines is 1. The molecular formula is C17H25N3O3S. The molecule has 0 unspecified atom stereocenters. The van der Waals surface area contributed by atoms with Gasteiger partial charge in [-0.25, -0.2) is 4.79 Å². The lowest BCUT2D eigenvalue weighted by Gasteiger charge is -2.20. The van der Waals surface area contributed by atoms with E-state index < -0.39 is 5.91 Å². The Morgan fingerprint density at radius 3 is 2.71 bits per heavy atom. The maximum Gasteiger partial charge on any atom is 0.319 e. The van der Waals surface area contributed by atoms with Gasteiger partial charge in [0.1, 0.15) is 5.75 Å².